The van der Waals surface area contributed by atoms with Gasteiger partial charge >= 0.3 is 12.1 Å². The Kier molecular flexibility index (Phi) is 8.41. The molecule has 2 fully saturated rings. The number of ether oxygens (including phenoxy) is 2. The third kappa shape index (κ3) is 5.96. The van der Waals surface area contributed by atoms with Gasteiger partial charge < -0.3 is 24.8 Å². The summed E-state index contributed by atoms with van der Waals surface area (Å²) in [6.45, 7) is 2.93. The van der Waals surface area contributed by atoms with Crippen molar-refractivity contribution in [3.8, 4) is 11.1 Å². The van der Waals surface area contributed by atoms with E-state index in [9.17, 15) is 32.7 Å². The molecule has 0 bridgehead atoms. The Morgan fingerprint density at radius 1 is 1.15 bits per heavy atom. The zero-order chi connectivity index (χ0) is 34.5. The first-order valence-corrected chi connectivity index (χ1v) is 14.7. The molecule has 6 rings (SSSR count). The third-order valence-electron chi connectivity index (χ3n) is 8.54. The van der Waals surface area contributed by atoms with E-state index in [0.29, 0.717) is 32.9 Å². The number of carboxylic acid groups (broad SMARTS) is 1. The van der Waals surface area contributed by atoms with Crippen LogP contribution in [0.25, 0.3) is 22.0 Å². The summed E-state index contributed by atoms with van der Waals surface area (Å²) in [5.41, 5.74) is -4.50. The summed E-state index contributed by atoms with van der Waals surface area (Å²) >= 11 is 0. The number of carbonyl (C=O) groups is 2. The molecule has 2 aliphatic rings. The number of carbonyl (C=O) groups excluding carboxylic acids is 1. The fourth-order valence-corrected chi connectivity index (χ4v) is 5.95. The van der Waals surface area contributed by atoms with Gasteiger partial charge in [0.25, 0.3) is 11.5 Å². The first-order valence-electron chi connectivity index (χ1n) is 14.7. The highest BCUT2D eigenvalue weighted by molar-refractivity contribution is 5.99. The predicted molar refractivity (Wildman–Crippen MR) is 161 cm³/mol. The number of fused-ring (bicyclic) bond motifs is 1. The minimum absolute atomic E-state index is 0.0512. The average Bonchev–Trinajstić information content (AvgIpc) is 3.02. The van der Waals surface area contributed by atoms with Crippen LogP contribution >= 0.6 is 0 Å². The number of morpholine rings is 1. The van der Waals surface area contributed by atoms with Gasteiger partial charge in [0.05, 0.1) is 37.4 Å². The number of hydrogen-bond acceptors (Lipinski definition) is 8. The Balaban J connectivity index is 1.30. The van der Waals surface area contributed by atoms with Crippen LogP contribution < -0.4 is 15.8 Å². The molecule has 4 heterocycles. The lowest BCUT2D eigenvalue weighted by atomic mass is 9.94. The molecule has 0 saturated carbocycles. The second kappa shape index (κ2) is 12.2. The number of pyridine rings is 1. The van der Waals surface area contributed by atoms with Gasteiger partial charge in [0.1, 0.15) is 34.7 Å². The number of nitrogens with one attached hydrogen (secondary N) is 1. The van der Waals surface area contributed by atoms with E-state index in [2.05, 4.69) is 15.3 Å². The Morgan fingerprint density at radius 2 is 1.85 bits per heavy atom. The van der Waals surface area contributed by atoms with Crippen LogP contribution in [-0.2, 0) is 33.9 Å². The molecule has 2 N–H and O–H groups in total. The summed E-state index contributed by atoms with van der Waals surface area (Å²) in [4.78, 5) is 48.0. The minimum atomic E-state index is -4.98. The largest absolute Gasteiger partial charge is 0.480 e. The maximum absolute atomic E-state index is 15.2. The van der Waals surface area contributed by atoms with Gasteiger partial charge in [-0.1, -0.05) is 18.2 Å². The fraction of sp³-hybridized carbons (Fsp3) is 0.344. The molecule has 0 radical (unpaired) electrons. The van der Waals surface area contributed by atoms with E-state index in [1.165, 1.54) is 44.4 Å². The number of aryl methyl sites for hydroxylation is 1. The van der Waals surface area contributed by atoms with Crippen molar-refractivity contribution in [3.63, 3.8) is 0 Å². The van der Waals surface area contributed by atoms with Crippen LogP contribution in [0.5, 0.6) is 0 Å². The summed E-state index contributed by atoms with van der Waals surface area (Å²) in [5, 5.41) is 12.3. The van der Waals surface area contributed by atoms with E-state index in [-0.39, 0.29) is 33.5 Å². The number of anilines is 1. The zero-order valence-corrected chi connectivity index (χ0v) is 25.5. The van der Waals surface area contributed by atoms with Crippen molar-refractivity contribution in [2.24, 2.45) is 7.05 Å². The first-order chi connectivity index (χ1) is 22.7. The highest BCUT2D eigenvalue weighted by atomic mass is 19.4. The van der Waals surface area contributed by atoms with Crippen molar-refractivity contribution < 1.29 is 46.1 Å². The molecule has 1 atom stereocenters. The van der Waals surface area contributed by atoms with E-state index < -0.39 is 70.1 Å². The van der Waals surface area contributed by atoms with Gasteiger partial charge in [-0.3, -0.25) is 19.1 Å². The van der Waals surface area contributed by atoms with Gasteiger partial charge in [-0.15, -0.1) is 0 Å². The molecule has 2 saturated heterocycles. The van der Waals surface area contributed by atoms with E-state index in [4.69, 9.17) is 9.47 Å². The van der Waals surface area contributed by atoms with Crippen LogP contribution in [-0.4, -0.2) is 76.1 Å². The van der Waals surface area contributed by atoms with Crippen LogP contribution in [0, 0.1) is 18.6 Å². The van der Waals surface area contributed by atoms with E-state index in [0.717, 1.165) is 16.7 Å². The normalized spacial score (nSPS) is 16.5. The standard InChI is InChI=1S/C32H28F5N5O6/c1-16-39-27(32(35,36)37)24(29(44)41(16)2)20-6-5-17(19-4-3-7-38-26(19)20)10-23(30(45)46)40-28(43)25-21(33)11-18(12-22(25)34)42-8-9-48-31(13-42)14-47-15-31/h3-7,11-12,23H,8-10,13-15H2,1-2H3,(H,40,43)(H,45,46)/t23-/m0/s1. The molecule has 0 aliphatic carbocycles. The quantitative estimate of drug-likeness (QED) is 0.282. The summed E-state index contributed by atoms with van der Waals surface area (Å²) in [6, 6.07) is 5.68. The number of alkyl halides is 3. The zero-order valence-electron chi connectivity index (χ0n) is 25.5. The molecule has 1 amide bonds. The fourth-order valence-electron chi connectivity index (χ4n) is 5.95. The van der Waals surface area contributed by atoms with Crippen molar-refractivity contribution in [2.45, 2.75) is 31.2 Å². The van der Waals surface area contributed by atoms with Crippen LogP contribution in [0.15, 0.2) is 47.4 Å². The van der Waals surface area contributed by atoms with E-state index in [1.54, 1.807) is 4.90 Å². The Morgan fingerprint density at radius 3 is 2.48 bits per heavy atom. The van der Waals surface area contributed by atoms with Crippen LogP contribution in [0.2, 0.25) is 0 Å². The minimum Gasteiger partial charge on any atom is -0.480 e. The van der Waals surface area contributed by atoms with Crippen LogP contribution in [0.4, 0.5) is 27.6 Å². The predicted octanol–water partition coefficient (Wildman–Crippen LogP) is 3.63. The molecular formula is C32H28F5N5O6. The number of rotatable bonds is 7. The number of carboxylic acids is 1. The number of benzene rings is 2. The monoisotopic (exact) mass is 673 g/mol. The molecule has 2 aliphatic heterocycles. The molecule has 48 heavy (non-hydrogen) atoms. The first kappa shape index (κ1) is 33.0. The van der Waals surface area contributed by atoms with Gasteiger partial charge in [0.2, 0.25) is 0 Å². The van der Waals surface area contributed by atoms with Crippen molar-refractivity contribution in [1.82, 2.24) is 19.9 Å². The topological polar surface area (TPSA) is 136 Å². The maximum Gasteiger partial charge on any atom is 0.434 e. The number of halogens is 5. The SMILES string of the molecule is Cc1nc(C(F)(F)F)c(-c2ccc(C[C@H](NC(=O)c3c(F)cc(N4CCOC5(COC5)C4)cc3F)C(=O)O)c3cccnc23)c(=O)n1C. The molecule has 252 valence electrons. The van der Waals surface area contributed by atoms with Gasteiger partial charge in [-0.05, 0) is 30.7 Å². The van der Waals surface area contributed by atoms with Gasteiger partial charge in [-0.25, -0.2) is 18.6 Å². The Hall–Kier alpha value is -4.96. The van der Waals surface area contributed by atoms with Gasteiger partial charge in [-0.2, -0.15) is 13.2 Å². The highest BCUT2D eigenvalue weighted by Crippen LogP contribution is 2.37. The smallest absolute Gasteiger partial charge is 0.434 e. The molecule has 4 aromatic rings. The Bertz CT molecular complexity index is 1990. The molecule has 16 heteroatoms. The molecule has 0 unspecified atom stereocenters. The van der Waals surface area contributed by atoms with Crippen molar-refractivity contribution in [2.75, 3.05) is 37.8 Å². The molecular weight excluding hydrogens is 645 g/mol. The summed E-state index contributed by atoms with van der Waals surface area (Å²) in [6.07, 6.45) is -4.14. The van der Waals surface area contributed by atoms with Crippen LogP contribution in [0.3, 0.4) is 0 Å². The molecule has 2 aromatic carbocycles. The lowest BCUT2D eigenvalue weighted by Crippen LogP contribution is -2.63. The number of aliphatic carboxylic acids is 1. The van der Waals surface area contributed by atoms with E-state index >= 15 is 8.78 Å². The van der Waals surface area contributed by atoms with Crippen molar-refractivity contribution in [1.29, 1.82) is 0 Å². The van der Waals surface area contributed by atoms with Crippen molar-refractivity contribution >= 4 is 28.5 Å². The Labute approximate surface area is 268 Å². The summed E-state index contributed by atoms with van der Waals surface area (Å²) in [5.74, 6) is -5.43. The summed E-state index contributed by atoms with van der Waals surface area (Å²) in [7, 11) is 1.28. The second-order valence-corrected chi connectivity index (χ2v) is 11.7. The summed E-state index contributed by atoms with van der Waals surface area (Å²) < 4.78 is 84.6. The average molecular weight is 674 g/mol. The number of aromatic nitrogens is 3. The van der Waals surface area contributed by atoms with E-state index in [1.807, 2.05) is 0 Å². The van der Waals surface area contributed by atoms with Crippen LogP contribution in [0.1, 0.15) is 27.4 Å². The molecule has 1 spiro atoms. The highest BCUT2D eigenvalue weighted by Gasteiger charge is 2.44. The third-order valence-corrected chi connectivity index (χ3v) is 8.54. The van der Waals surface area contributed by atoms with Gasteiger partial charge in [0.15, 0.2) is 5.69 Å². The molecule has 11 nitrogen and oxygen atoms in total. The number of hydrogen-bond donors (Lipinski definition) is 2. The number of amides is 1. The van der Waals surface area contributed by atoms with Crippen molar-refractivity contribution in [3.05, 3.63) is 87.2 Å². The molecule has 2 aromatic heterocycles. The maximum atomic E-state index is 15.2. The second-order valence-electron chi connectivity index (χ2n) is 11.7. The lowest BCUT2D eigenvalue weighted by Gasteiger charge is -2.48. The van der Waals surface area contributed by atoms with Gasteiger partial charge in [0, 0.05) is 42.8 Å². The number of nitrogens with zero attached hydrogens (tertiary/aromatic N) is 4. The lowest BCUT2D eigenvalue weighted by molar-refractivity contribution is -0.211.